The maximum atomic E-state index is 12.2. The second-order valence-electron chi connectivity index (χ2n) is 5.16. The smallest absolute Gasteiger partial charge is 0.255 e. The first-order valence-corrected chi connectivity index (χ1v) is 7.90. The molecule has 2 aromatic rings. The van der Waals surface area contributed by atoms with Crippen LogP contribution in [-0.2, 0) is 4.79 Å². The number of hydrogen-bond donors (Lipinski definition) is 1. The van der Waals surface area contributed by atoms with Crippen molar-refractivity contribution in [2.45, 2.75) is 12.8 Å². The van der Waals surface area contributed by atoms with Gasteiger partial charge in [0.15, 0.2) is 0 Å². The lowest BCUT2D eigenvalue weighted by molar-refractivity contribution is -0.117. The predicted molar refractivity (Wildman–Crippen MR) is 90.1 cm³/mol. The van der Waals surface area contributed by atoms with Gasteiger partial charge in [-0.15, -0.1) is 0 Å². The minimum absolute atomic E-state index is 0.158. The highest BCUT2D eigenvalue weighted by atomic mass is 79.9. The highest BCUT2D eigenvalue weighted by Gasteiger charge is 2.21. The van der Waals surface area contributed by atoms with Gasteiger partial charge in [0.1, 0.15) is 0 Å². The van der Waals surface area contributed by atoms with Crippen molar-refractivity contribution in [3.05, 3.63) is 58.6 Å². The Morgan fingerprint density at radius 1 is 1.14 bits per heavy atom. The summed E-state index contributed by atoms with van der Waals surface area (Å²) in [6.07, 6.45) is 1.52. The van der Waals surface area contributed by atoms with Crippen LogP contribution in [-0.4, -0.2) is 18.4 Å². The Balaban J connectivity index is 1.71. The van der Waals surface area contributed by atoms with Gasteiger partial charge < -0.3 is 10.2 Å². The highest BCUT2D eigenvalue weighted by molar-refractivity contribution is 9.10. The normalized spacial score (nSPS) is 14.2. The molecule has 2 aromatic carbocycles. The summed E-state index contributed by atoms with van der Waals surface area (Å²) in [4.78, 5) is 25.6. The first kappa shape index (κ1) is 14.8. The molecule has 0 bridgehead atoms. The minimum atomic E-state index is -0.161. The Hall–Kier alpha value is -2.14. The number of nitrogens with one attached hydrogen (secondary N) is 1. The molecule has 4 nitrogen and oxygen atoms in total. The van der Waals surface area contributed by atoms with Crippen LogP contribution in [0, 0.1) is 0 Å². The summed E-state index contributed by atoms with van der Waals surface area (Å²) in [5.74, 6) is -0.00257. The topological polar surface area (TPSA) is 49.4 Å². The van der Waals surface area contributed by atoms with Crippen LogP contribution in [0.25, 0.3) is 0 Å². The van der Waals surface area contributed by atoms with Crippen molar-refractivity contribution in [1.82, 2.24) is 0 Å². The number of benzene rings is 2. The molecule has 0 aliphatic carbocycles. The number of amides is 2. The first-order valence-electron chi connectivity index (χ1n) is 7.11. The van der Waals surface area contributed by atoms with Gasteiger partial charge in [-0.3, -0.25) is 9.59 Å². The van der Waals surface area contributed by atoms with Gasteiger partial charge in [0, 0.05) is 34.4 Å². The maximum absolute atomic E-state index is 12.2. The molecule has 0 saturated carbocycles. The molecule has 1 aliphatic rings. The monoisotopic (exact) mass is 358 g/mol. The summed E-state index contributed by atoms with van der Waals surface area (Å²) in [6, 6.07) is 14.6. The van der Waals surface area contributed by atoms with E-state index in [2.05, 4.69) is 21.2 Å². The second kappa shape index (κ2) is 6.32. The molecule has 0 unspecified atom stereocenters. The zero-order valence-electron chi connectivity index (χ0n) is 11.9. The fourth-order valence-corrected chi connectivity index (χ4v) is 2.88. The molecular formula is C17H15BrN2O2. The molecule has 1 saturated heterocycles. The number of anilines is 2. The van der Waals surface area contributed by atoms with Gasteiger partial charge in [0.2, 0.25) is 5.91 Å². The van der Waals surface area contributed by atoms with E-state index < -0.39 is 0 Å². The van der Waals surface area contributed by atoms with Crippen molar-refractivity contribution in [3.63, 3.8) is 0 Å². The van der Waals surface area contributed by atoms with Crippen LogP contribution in [0.1, 0.15) is 23.2 Å². The third-order valence-electron chi connectivity index (χ3n) is 3.60. The zero-order chi connectivity index (χ0) is 15.5. The van der Waals surface area contributed by atoms with Crippen molar-refractivity contribution >= 4 is 39.1 Å². The van der Waals surface area contributed by atoms with Crippen LogP contribution in [0.15, 0.2) is 53.0 Å². The average Bonchev–Trinajstić information content (AvgIpc) is 2.94. The summed E-state index contributed by atoms with van der Waals surface area (Å²) in [6.45, 7) is 0.766. The van der Waals surface area contributed by atoms with Crippen LogP contribution in [0.5, 0.6) is 0 Å². The predicted octanol–water partition coefficient (Wildman–Crippen LogP) is 3.83. The molecule has 5 heteroatoms. The molecule has 3 rings (SSSR count). The van der Waals surface area contributed by atoms with E-state index in [0.29, 0.717) is 17.7 Å². The zero-order valence-corrected chi connectivity index (χ0v) is 13.5. The fraction of sp³-hybridized carbons (Fsp3) is 0.176. The average molecular weight is 359 g/mol. The Labute approximate surface area is 137 Å². The molecule has 1 N–H and O–H groups in total. The molecule has 0 atom stereocenters. The number of carbonyl (C=O) groups is 2. The van der Waals surface area contributed by atoms with E-state index in [1.807, 2.05) is 36.4 Å². The SMILES string of the molecule is O=C(Nc1ccc(N2CCCC2=O)cc1)c1cccc(Br)c1. The molecule has 1 heterocycles. The second-order valence-corrected chi connectivity index (χ2v) is 6.08. The lowest BCUT2D eigenvalue weighted by atomic mass is 10.2. The van der Waals surface area contributed by atoms with Gasteiger partial charge in [-0.1, -0.05) is 22.0 Å². The van der Waals surface area contributed by atoms with Gasteiger partial charge >= 0.3 is 0 Å². The van der Waals surface area contributed by atoms with Crippen molar-refractivity contribution < 1.29 is 9.59 Å². The minimum Gasteiger partial charge on any atom is -0.322 e. The molecule has 2 amide bonds. The molecule has 1 fully saturated rings. The Kier molecular flexibility index (Phi) is 4.24. The van der Waals surface area contributed by atoms with Crippen molar-refractivity contribution in [1.29, 1.82) is 0 Å². The summed E-state index contributed by atoms with van der Waals surface area (Å²) in [5, 5.41) is 2.85. The van der Waals surface area contributed by atoms with E-state index in [0.717, 1.165) is 23.1 Å². The third kappa shape index (κ3) is 3.20. The third-order valence-corrected chi connectivity index (χ3v) is 4.09. The number of halogens is 1. The number of rotatable bonds is 3. The Morgan fingerprint density at radius 2 is 1.91 bits per heavy atom. The molecule has 0 aromatic heterocycles. The van der Waals surface area contributed by atoms with E-state index in [4.69, 9.17) is 0 Å². The van der Waals surface area contributed by atoms with Crippen molar-refractivity contribution in [2.75, 3.05) is 16.8 Å². The van der Waals surface area contributed by atoms with Crippen molar-refractivity contribution in [2.24, 2.45) is 0 Å². The molecule has 112 valence electrons. The van der Waals surface area contributed by atoms with E-state index in [1.54, 1.807) is 17.0 Å². The standard InChI is InChI=1S/C17H15BrN2O2/c18-13-4-1-3-12(11-13)17(22)19-14-6-8-15(9-7-14)20-10-2-5-16(20)21/h1,3-4,6-9,11H,2,5,10H2,(H,19,22). The lowest BCUT2D eigenvalue weighted by Crippen LogP contribution is -2.23. The van der Waals surface area contributed by atoms with Gasteiger partial charge in [0.05, 0.1) is 0 Å². The molecule has 0 radical (unpaired) electrons. The maximum Gasteiger partial charge on any atom is 0.255 e. The van der Waals surface area contributed by atoms with E-state index in [1.165, 1.54) is 0 Å². The van der Waals surface area contributed by atoms with Gasteiger partial charge in [-0.25, -0.2) is 0 Å². The fourth-order valence-electron chi connectivity index (χ4n) is 2.48. The van der Waals surface area contributed by atoms with Crippen LogP contribution in [0.4, 0.5) is 11.4 Å². The Morgan fingerprint density at radius 3 is 2.55 bits per heavy atom. The first-order chi connectivity index (χ1) is 10.6. The molecular weight excluding hydrogens is 344 g/mol. The van der Waals surface area contributed by atoms with Crippen LogP contribution >= 0.6 is 15.9 Å². The Bertz CT molecular complexity index is 713. The lowest BCUT2D eigenvalue weighted by Gasteiger charge is -2.16. The van der Waals surface area contributed by atoms with Crippen LogP contribution in [0.2, 0.25) is 0 Å². The molecule has 22 heavy (non-hydrogen) atoms. The summed E-state index contributed by atoms with van der Waals surface area (Å²) < 4.78 is 0.864. The molecule has 0 spiro atoms. The van der Waals surface area contributed by atoms with Gasteiger partial charge in [-0.2, -0.15) is 0 Å². The van der Waals surface area contributed by atoms with E-state index in [9.17, 15) is 9.59 Å². The van der Waals surface area contributed by atoms with E-state index in [-0.39, 0.29) is 11.8 Å². The summed E-state index contributed by atoms with van der Waals surface area (Å²) in [7, 11) is 0. The van der Waals surface area contributed by atoms with Crippen molar-refractivity contribution in [3.8, 4) is 0 Å². The summed E-state index contributed by atoms with van der Waals surface area (Å²) in [5.41, 5.74) is 2.18. The number of carbonyl (C=O) groups excluding carboxylic acids is 2. The summed E-state index contributed by atoms with van der Waals surface area (Å²) >= 11 is 3.35. The van der Waals surface area contributed by atoms with Crippen LogP contribution < -0.4 is 10.2 Å². The highest BCUT2D eigenvalue weighted by Crippen LogP contribution is 2.23. The van der Waals surface area contributed by atoms with Gasteiger partial charge in [-0.05, 0) is 48.9 Å². The number of nitrogens with zero attached hydrogens (tertiary/aromatic N) is 1. The largest absolute Gasteiger partial charge is 0.322 e. The van der Waals surface area contributed by atoms with Crippen LogP contribution in [0.3, 0.4) is 0 Å². The quantitative estimate of drug-likeness (QED) is 0.906. The number of hydrogen-bond acceptors (Lipinski definition) is 2. The molecule has 1 aliphatic heterocycles. The van der Waals surface area contributed by atoms with Gasteiger partial charge in [0.25, 0.3) is 5.91 Å². The van der Waals surface area contributed by atoms with E-state index >= 15 is 0 Å².